The second-order valence-electron chi connectivity index (χ2n) is 4.92. The number of nitrogens with one attached hydrogen (secondary N) is 2. The summed E-state index contributed by atoms with van der Waals surface area (Å²) in [6.45, 7) is 1.65. The molecule has 0 amide bonds. The fraction of sp³-hybridized carbons (Fsp3) is 0.267. The van der Waals surface area contributed by atoms with Gasteiger partial charge in [-0.3, -0.25) is 0 Å². The zero-order valence-corrected chi connectivity index (χ0v) is 13.3. The minimum atomic E-state index is 0.421. The molecule has 0 fully saturated rings. The van der Waals surface area contributed by atoms with Gasteiger partial charge in [0.15, 0.2) is 5.11 Å². The van der Waals surface area contributed by atoms with Gasteiger partial charge in [-0.15, -0.1) is 0 Å². The van der Waals surface area contributed by atoms with Crippen molar-refractivity contribution in [3.63, 3.8) is 0 Å². The lowest BCUT2D eigenvalue weighted by Crippen LogP contribution is -2.26. The van der Waals surface area contributed by atoms with E-state index >= 15 is 0 Å². The number of hydrogen-bond acceptors (Lipinski definition) is 5. The Morgan fingerprint density at radius 3 is 2.50 bits per heavy atom. The summed E-state index contributed by atoms with van der Waals surface area (Å²) in [6.07, 6.45) is 0. The molecule has 1 aromatic carbocycles. The lowest BCUT2D eigenvalue weighted by Gasteiger charge is -2.18. The van der Waals surface area contributed by atoms with E-state index in [-0.39, 0.29) is 0 Å². The van der Waals surface area contributed by atoms with Crippen molar-refractivity contribution >= 4 is 29.1 Å². The third-order valence-corrected chi connectivity index (χ3v) is 3.82. The molecule has 2 N–H and O–H groups in total. The summed E-state index contributed by atoms with van der Waals surface area (Å²) in [5.41, 5.74) is 2.64. The molecule has 2 heterocycles. The molecular weight excluding hydrogens is 298 g/mol. The number of fused-ring (bicyclic) bond motifs is 1. The van der Waals surface area contributed by atoms with E-state index < -0.39 is 0 Å². The second-order valence-corrected chi connectivity index (χ2v) is 5.33. The van der Waals surface area contributed by atoms with E-state index in [0.29, 0.717) is 16.9 Å². The molecule has 7 heteroatoms. The van der Waals surface area contributed by atoms with Gasteiger partial charge >= 0.3 is 0 Å². The predicted molar refractivity (Wildman–Crippen MR) is 90.2 cm³/mol. The molecule has 0 saturated heterocycles. The minimum absolute atomic E-state index is 0.421. The first-order valence-corrected chi connectivity index (χ1v) is 7.34. The van der Waals surface area contributed by atoms with Crippen LogP contribution in [0.15, 0.2) is 30.3 Å². The third kappa shape index (κ3) is 2.94. The van der Waals surface area contributed by atoms with Crippen LogP contribution >= 0.6 is 12.2 Å². The van der Waals surface area contributed by atoms with Crippen LogP contribution in [0.5, 0.6) is 5.88 Å². The Balaban J connectivity index is 1.88. The highest BCUT2D eigenvalue weighted by Gasteiger charge is 2.21. The zero-order valence-electron chi connectivity index (χ0n) is 12.5. The topological polar surface area (TPSA) is 62.3 Å². The van der Waals surface area contributed by atoms with Gasteiger partial charge in [0.25, 0.3) is 0 Å². The summed E-state index contributed by atoms with van der Waals surface area (Å²) in [5.74, 6) is 1.73. The van der Waals surface area contributed by atoms with Crippen molar-refractivity contribution in [3.05, 3.63) is 41.5 Å². The van der Waals surface area contributed by atoms with Crippen LogP contribution in [0, 0.1) is 0 Å². The van der Waals surface area contributed by atoms with Crippen LogP contribution in [-0.2, 0) is 13.1 Å². The van der Waals surface area contributed by atoms with Gasteiger partial charge in [0.05, 0.1) is 7.11 Å². The quantitative estimate of drug-likeness (QED) is 0.839. The average Bonchev–Trinajstić information content (AvgIpc) is 2.98. The van der Waals surface area contributed by atoms with Gasteiger partial charge in [0.1, 0.15) is 5.82 Å². The first kappa shape index (κ1) is 14.5. The van der Waals surface area contributed by atoms with E-state index in [9.17, 15) is 0 Å². The summed E-state index contributed by atoms with van der Waals surface area (Å²) in [7, 11) is 3.33. The maximum Gasteiger partial charge on any atom is 0.234 e. The SMILES string of the molecule is CNC(=S)Nc1nc(OC)cc(N2Cc3ccccc3C2)n1. The Morgan fingerprint density at radius 1 is 1.23 bits per heavy atom. The standard InChI is InChI=1S/C15H17N5OS/c1-16-15(22)19-14-17-12(7-13(18-14)21-2)20-8-10-5-3-4-6-11(10)9-20/h3-7H,8-9H2,1-2H3,(H2,16,17,18,19,22). The molecule has 22 heavy (non-hydrogen) atoms. The number of hydrogen-bond donors (Lipinski definition) is 2. The van der Waals surface area contributed by atoms with Crippen molar-refractivity contribution < 1.29 is 4.74 Å². The van der Waals surface area contributed by atoms with Crippen LogP contribution in [-0.4, -0.2) is 29.2 Å². The van der Waals surface area contributed by atoms with Crippen LogP contribution in [0.4, 0.5) is 11.8 Å². The number of rotatable bonds is 3. The van der Waals surface area contributed by atoms with E-state index in [0.717, 1.165) is 18.9 Å². The van der Waals surface area contributed by atoms with Crippen LogP contribution < -0.4 is 20.3 Å². The maximum absolute atomic E-state index is 5.27. The van der Waals surface area contributed by atoms with Crippen molar-refractivity contribution in [2.75, 3.05) is 24.4 Å². The predicted octanol–water partition coefficient (Wildman–Crippen LogP) is 1.92. The Kier molecular flexibility index (Phi) is 4.06. The highest BCUT2D eigenvalue weighted by atomic mass is 32.1. The van der Waals surface area contributed by atoms with E-state index in [1.54, 1.807) is 14.2 Å². The molecule has 3 rings (SSSR count). The van der Waals surface area contributed by atoms with Gasteiger partial charge in [-0.05, 0) is 23.3 Å². The van der Waals surface area contributed by atoms with Crippen LogP contribution in [0.1, 0.15) is 11.1 Å². The Morgan fingerprint density at radius 2 is 1.91 bits per heavy atom. The first-order chi connectivity index (χ1) is 10.7. The minimum Gasteiger partial charge on any atom is -0.481 e. The normalized spacial score (nSPS) is 12.7. The molecule has 114 valence electrons. The summed E-state index contributed by atoms with van der Waals surface area (Å²) >= 11 is 5.09. The van der Waals surface area contributed by atoms with Gasteiger partial charge in [0.2, 0.25) is 11.8 Å². The molecular formula is C15H17N5OS. The van der Waals surface area contributed by atoms with Crippen LogP contribution in [0.3, 0.4) is 0 Å². The number of aromatic nitrogens is 2. The fourth-order valence-corrected chi connectivity index (χ4v) is 2.49. The molecule has 0 bridgehead atoms. The van der Waals surface area contributed by atoms with Gasteiger partial charge < -0.3 is 20.3 Å². The number of thiocarbonyl (C=S) groups is 1. The van der Waals surface area contributed by atoms with Crippen molar-refractivity contribution in [1.29, 1.82) is 0 Å². The molecule has 1 aliphatic rings. The molecule has 0 radical (unpaired) electrons. The molecule has 0 atom stereocenters. The largest absolute Gasteiger partial charge is 0.481 e. The van der Waals surface area contributed by atoms with Crippen LogP contribution in [0.2, 0.25) is 0 Å². The monoisotopic (exact) mass is 315 g/mol. The number of anilines is 2. The van der Waals surface area contributed by atoms with E-state index in [2.05, 4.69) is 49.8 Å². The van der Waals surface area contributed by atoms with Crippen molar-refractivity contribution in [3.8, 4) is 5.88 Å². The molecule has 0 spiro atoms. The van der Waals surface area contributed by atoms with Crippen molar-refractivity contribution in [2.24, 2.45) is 0 Å². The Bertz CT molecular complexity index is 681. The number of nitrogens with zero attached hydrogens (tertiary/aromatic N) is 3. The van der Waals surface area contributed by atoms with Gasteiger partial charge in [-0.2, -0.15) is 9.97 Å². The van der Waals surface area contributed by atoms with Gasteiger partial charge in [-0.1, -0.05) is 24.3 Å². The summed E-state index contributed by atoms with van der Waals surface area (Å²) in [5, 5.41) is 6.24. The first-order valence-electron chi connectivity index (χ1n) is 6.93. The number of methoxy groups -OCH3 is 1. The molecule has 2 aromatic rings. The lowest BCUT2D eigenvalue weighted by atomic mass is 10.1. The molecule has 6 nitrogen and oxygen atoms in total. The number of benzene rings is 1. The highest BCUT2D eigenvalue weighted by Crippen LogP contribution is 2.29. The zero-order chi connectivity index (χ0) is 15.5. The highest BCUT2D eigenvalue weighted by molar-refractivity contribution is 7.80. The second kappa shape index (κ2) is 6.15. The molecule has 0 saturated carbocycles. The summed E-state index contributed by atoms with van der Waals surface area (Å²) in [4.78, 5) is 11.0. The van der Waals surface area contributed by atoms with Gasteiger partial charge in [-0.25, -0.2) is 0 Å². The van der Waals surface area contributed by atoms with Crippen molar-refractivity contribution in [2.45, 2.75) is 13.1 Å². The van der Waals surface area contributed by atoms with E-state index in [4.69, 9.17) is 17.0 Å². The fourth-order valence-electron chi connectivity index (χ4n) is 2.39. The average molecular weight is 315 g/mol. The molecule has 1 aliphatic heterocycles. The Labute approximate surface area is 134 Å². The number of ether oxygens (including phenoxy) is 1. The van der Waals surface area contributed by atoms with Crippen LogP contribution in [0.25, 0.3) is 0 Å². The third-order valence-electron chi connectivity index (χ3n) is 3.52. The van der Waals surface area contributed by atoms with Gasteiger partial charge in [0, 0.05) is 26.2 Å². The van der Waals surface area contributed by atoms with E-state index in [1.807, 2.05) is 6.07 Å². The molecule has 1 aromatic heterocycles. The lowest BCUT2D eigenvalue weighted by molar-refractivity contribution is 0.397. The Hall–Kier alpha value is -2.41. The summed E-state index contributed by atoms with van der Waals surface area (Å²) in [6, 6.07) is 10.2. The van der Waals surface area contributed by atoms with E-state index in [1.165, 1.54) is 11.1 Å². The molecule has 0 aliphatic carbocycles. The maximum atomic E-state index is 5.27. The molecule has 0 unspecified atom stereocenters. The van der Waals surface area contributed by atoms with Crippen molar-refractivity contribution in [1.82, 2.24) is 15.3 Å². The smallest absolute Gasteiger partial charge is 0.234 e. The summed E-state index contributed by atoms with van der Waals surface area (Å²) < 4.78 is 5.27.